The Morgan fingerprint density at radius 2 is 2.15 bits per heavy atom. The van der Waals surface area contributed by atoms with Crippen LogP contribution in [0.1, 0.15) is 10.4 Å². The molecule has 2 heterocycles. The van der Waals surface area contributed by atoms with Crippen molar-refractivity contribution in [3.63, 3.8) is 0 Å². The van der Waals surface area contributed by atoms with Crippen LogP contribution in [0.15, 0.2) is 34.6 Å². The number of benzene rings is 1. The molecule has 0 radical (unpaired) electrons. The van der Waals surface area contributed by atoms with E-state index in [2.05, 4.69) is 24.4 Å². The Morgan fingerprint density at radius 1 is 1.38 bits per heavy atom. The fourth-order valence-corrected chi connectivity index (χ4v) is 3.00. The number of nitrogens with zero attached hydrogens (tertiary/aromatic N) is 6. The van der Waals surface area contributed by atoms with E-state index in [4.69, 9.17) is 18.2 Å². The predicted molar refractivity (Wildman–Crippen MR) is 99.0 cm³/mol. The molecule has 0 unspecified atom stereocenters. The number of aromatic hydroxyl groups is 1. The molecule has 130 valence electrons. The first-order valence-corrected chi connectivity index (χ1v) is 8.35. The Bertz CT molecular complexity index is 1090. The molecule has 0 bridgehead atoms. The van der Waals surface area contributed by atoms with Gasteiger partial charge in [0, 0.05) is 25.7 Å². The number of hydrogen-bond donors (Lipinski definition) is 1. The zero-order valence-electron chi connectivity index (χ0n) is 13.6. The minimum atomic E-state index is -0.344. The van der Waals surface area contributed by atoms with Crippen LogP contribution in [0.25, 0.3) is 15.7 Å². The number of carbonyl (C=O) groups is 1. The summed E-state index contributed by atoms with van der Waals surface area (Å²) in [4.78, 5) is 20.7. The summed E-state index contributed by atoms with van der Waals surface area (Å²) in [6.45, 7) is 7.18. The highest BCUT2D eigenvalue weighted by Crippen LogP contribution is 2.39. The van der Waals surface area contributed by atoms with Gasteiger partial charge in [-0.2, -0.15) is 0 Å². The van der Waals surface area contributed by atoms with Crippen molar-refractivity contribution in [2.75, 3.05) is 14.1 Å². The number of pyridine rings is 1. The van der Waals surface area contributed by atoms with Gasteiger partial charge in [-0.15, -0.1) is 10.2 Å². The topological polar surface area (TPSA) is 95.4 Å². The molecule has 0 aliphatic rings. The molecule has 0 spiro atoms. The van der Waals surface area contributed by atoms with Crippen molar-refractivity contribution in [2.24, 2.45) is 10.2 Å². The van der Waals surface area contributed by atoms with Crippen LogP contribution < -0.4 is 0 Å². The van der Waals surface area contributed by atoms with Gasteiger partial charge in [-0.05, 0) is 29.7 Å². The van der Waals surface area contributed by atoms with Crippen molar-refractivity contribution in [3.05, 3.63) is 46.5 Å². The summed E-state index contributed by atoms with van der Waals surface area (Å²) in [5.74, 6) is -0.477. The lowest BCUT2D eigenvalue weighted by atomic mass is 10.1. The fourth-order valence-electron chi connectivity index (χ4n) is 2.13. The lowest BCUT2D eigenvalue weighted by molar-refractivity contribution is 0.0824. The van der Waals surface area contributed by atoms with Crippen LogP contribution in [0.3, 0.4) is 0 Å². The van der Waals surface area contributed by atoms with Crippen molar-refractivity contribution < 1.29 is 9.90 Å². The van der Waals surface area contributed by atoms with E-state index in [1.165, 1.54) is 29.3 Å². The van der Waals surface area contributed by atoms with Crippen molar-refractivity contribution in [1.29, 1.82) is 0 Å². The molecule has 1 aromatic carbocycles. The quantitative estimate of drug-likeness (QED) is 0.400. The lowest BCUT2D eigenvalue weighted by Crippen LogP contribution is -2.21. The Kier molecular flexibility index (Phi) is 4.79. The van der Waals surface area contributed by atoms with Gasteiger partial charge in [0.05, 0.1) is 23.3 Å². The zero-order valence-corrected chi connectivity index (χ0v) is 15.2. The molecule has 8 nitrogen and oxygen atoms in total. The summed E-state index contributed by atoms with van der Waals surface area (Å²) in [7, 11) is 3.18. The zero-order chi connectivity index (χ0) is 18.8. The molecule has 10 heteroatoms. The lowest BCUT2D eigenvalue weighted by Gasteiger charge is -2.11. The van der Waals surface area contributed by atoms with Gasteiger partial charge in [-0.1, -0.05) is 11.6 Å². The second kappa shape index (κ2) is 7.03. The molecule has 1 amide bonds. The fraction of sp³-hybridized carbons (Fsp3) is 0.125. The number of azo groups is 1. The number of halogens is 1. The number of rotatable bonds is 3. The number of phenolic OH excluding ortho intramolecular Hbond substituents is 1. The summed E-state index contributed by atoms with van der Waals surface area (Å²) in [6.07, 6.45) is 1.49. The molecule has 0 saturated carbocycles. The summed E-state index contributed by atoms with van der Waals surface area (Å²) >= 11 is 6.96. The second-order valence-corrected chi connectivity index (χ2v) is 6.47. The number of carbonyl (C=O) groups excluding carboxylic acids is 1. The summed E-state index contributed by atoms with van der Waals surface area (Å²) in [6, 6.07) is 4.37. The van der Waals surface area contributed by atoms with E-state index in [1.54, 1.807) is 14.1 Å². The van der Waals surface area contributed by atoms with Gasteiger partial charge in [-0.25, -0.2) is 9.22 Å². The smallest absolute Gasteiger partial charge is 0.257 e. The average molecular weight is 387 g/mol. The van der Waals surface area contributed by atoms with E-state index in [1.807, 2.05) is 0 Å². The molecule has 2 aromatic heterocycles. The van der Waals surface area contributed by atoms with E-state index in [0.717, 1.165) is 11.5 Å². The van der Waals surface area contributed by atoms with Crippen LogP contribution in [0.5, 0.6) is 5.75 Å². The van der Waals surface area contributed by atoms with Crippen LogP contribution in [-0.2, 0) is 0 Å². The van der Waals surface area contributed by atoms with Crippen LogP contribution in [0, 0.1) is 6.57 Å². The van der Waals surface area contributed by atoms with E-state index in [9.17, 15) is 9.90 Å². The average Bonchev–Trinajstić information content (AvgIpc) is 3.03. The van der Waals surface area contributed by atoms with Gasteiger partial charge < -0.3 is 10.0 Å². The number of aromatic nitrogens is 2. The molecule has 0 atom stereocenters. The van der Waals surface area contributed by atoms with Gasteiger partial charge in [-0.3, -0.25) is 9.78 Å². The normalized spacial score (nSPS) is 11.0. The van der Waals surface area contributed by atoms with Gasteiger partial charge in [0.15, 0.2) is 5.00 Å². The molecular formula is C16H11ClN6O2S. The van der Waals surface area contributed by atoms with E-state index in [-0.39, 0.29) is 28.1 Å². The van der Waals surface area contributed by atoms with Crippen LogP contribution >= 0.6 is 23.1 Å². The monoisotopic (exact) mass is 386 g/mol. The molecule has 0 aliphatic heterocycles. The first-order valence-electron chi connectivity index (χ1n) is 7.20. The minimum Gasteiger partial charge on any atom is -0.507 e. The summed E-state index contributed by atoms with van der Waals surface area (Å²) in [5, 5.41) is 19.2. The Labute approximate surface area is 157 Å². The first-order chi connectivity index (χ1) is 12.4. The third kappa shape index (κ3) is 3.20. The van der Waals surface area contributed by atoms with Crippen LogP contribution in [-0.4, -0.2) is 39.4 Å². The highest BCUT2D eigenvalue weighted by molar-refractivity contribution is 7.11. The Morgan fingerprint density at radius 3 is 2.85 bits per heavy atom. The third-order valence-electron chi connectivity index (χ3n) is 3.42. The maximum atomic E-state index is 12.1. The van der Waals surface area contributed by atoms with Crippen LogP contribution in [0.4, 0.5) is 16.4 Å². The molecule has 3 rings (SSSR count). The van der Waals surface area contributed by atoms with Crippen molar-refractivity contribution in [3.8, 4) is 5.75 Å². The highest BCUT2D eigenvalue weighted by Gasteiger charge is 2.15. The first kappa shape index (κ1) is 17.7. The highest BCUT2D eigenvalue weighted by atomic mass is 35.5. The molecule has 3 aromatic rings. The minimum absolute atomic E-state index is 0.0895. The number of hydrogen-bond acceptors (Lipinski definition) is 7. The molecular weight excluding hydrogens is 376 g/mol. The molecule has 1 N–H and O–H groups in total. The Hall–Kier alpha value is -3.09. The SMILES string of the molecule is [C-]#[N+]c1c(Cl)ncc2c(/N=N/c3ccc(O)c(C(=O)N(C)C)c3)snc12. The molecule has 0 fully saturated rings. The van der Waals surface area contributed by atoms with E-state index >= 15 is 0 Å². The van der Waals surface area contributed by atoms with Crippen LogP contribution in [0.2, 0.25) is 5.15 Å². The van der Waals surface area contributed by atoms with Gasteiger partial charge in [0.25, 0.3) is 5.91 Å². The summed E-state index contributed by atoms with van der Waals surface area (Å²) in [5.41, 5.74) is 1.12. The standard InChI is InChI=1S/C16H11ClN6O2S/c1-18-13-12-10(7-19-14(13)17)15(26-22-12)21-20-8-4-5-11(24)9(6-8)16(25)23(2)3/h4-7,24H,2-3H3/b21-20+. The second-order valence-electron chi connectivity index (χ2n) is 5.36. The molecule has 0 saturated heterocycles. The summed E-state index contributed by atoms with van der Waals surface area (Å²) < 4.78 is 4.19. The van der Waals surface area contributed by atoms with Gasteiger partial charge in [0.2, 0.25) is 5.69 Å². The van der Waals surface area contributed by atoms with Crippen molar-refractivity contribution >= 4 is 56.3 Å². The van der Waals surface area contributed by atoms with Gasteiger partial charge >= 0.3 is 0 Å². The maximum Gasteiger partial charge on any atom is 0.257 e. The predicted octanol–water partition coefficient (Wildman–Crippen LogP) is 4.72. The maximum absolute atomic E-state index is 12.1. The number of phenols is 1. The van der Waals surface area contributed by atoms with Gasteiger partial charge in [0.1, 0.15) is 10.9 Å². The third-order valence-corrected chi connectivity index (χ3v) is 4.45. The van der Waals surface area contributed by atoms with Crippen molar-refractivity contribution in [2.45, 2.75) is 0 Å². The Balaban J connectivity index is 1.99. The number of amides is 1. The molecule has 0 aliphatic carbocycles. The molecule has 26 heavy (non-hydrogen) atoms. The largest absolute Gasteiger partial charge is 0.507 e. The van der Waals surface area contributed by atoms with Crippen molar-refractivity contribution in [1.82, 2.24) is 14.3 Å². The van der Waals surface area contributed by atoms with E-state index < -0.39 is 0 Å². The number of fused-ring (bicyclic) bond motifs is 1. The van der Waals surface area contributed by atoms with E-state index in [0.29, 0.717) is 21.6 Å².